The fourth-order valence-electron chi connectivity index (χ4n) is 6.80. The van der Waals surface area contributed by atoms with Gasteiger partial charge in [0.15, 0.2) is 0 Å². The van der Waals surface area contributed by atoms with E-state index in [0.717, 1.165) is 46.9 Å². The average Bonchev–Trinajstić information content (AvgIpc) is 2.85. The lowest BCUT2D eigenvalue weighted by Crippen LogP contribution is -2.30. The van der Waals surface area contributed by atoms with Crippen molar-refractivity contribution < 1.29 is 4.39 Å². The average molecular weight is 449 g/mol. The highest BCUT2D eigenvalue weighted by Gasteiger charge is 2.35. The molecule has 0 nitrogen and oxygen atoms in total. The lowest BCUT2D eigenvalue weighted by Gasteiger charge is -2.42. The van der Waals surface area contributed by atoms with E-state index in [1.807, 2.05) is 19.1 Å². The van der Waals surface area contributed by atoms with E-state index in [-0.39, 0.29) is 5.82 Å². The van der Waals surface area contributed by atoms with Gasteiger partial charge in [-0.25, -0.2) is 4.39 Å². The molecule has 33 heavy (non-hydrogen) atoms. The quantitative estimate of drug-likeness (QED) is 0.250. The van der Waals surface area contributed by atoms with E-state index in [2.05, 4.69) is 37.3 Å². The first kappa shape index (κ1) is 24.5. The molecular formula is C32H45F. The zero-order valence-electron chi connectivity index (χ0n) is 21.1. The molecule has 0 saturated heterocycles. The molecule has 2 aromatic rings. The van der Waals surface area contributed by atoms with Gasteiger partial charge < -0.3 is 0 Å². The molecule has 2 aromatic carbocycles. The van der Waals surface area contributed by atoms with Crippen LogP contribution in [0.3, 0.4) is 0 Å². The van der Waals surface area contributed by atoms with Crippen LogP contribution in [-0.2, 0) is 6.42 Å². The first-order valence-electron chi connectivity index (χ1n) is 14.0. The van der Waals surface area contributed by atoms with Crippen LogP contribution in [0.25, 0.3) is 10.8 Å². The Hall–Kier alpha value is -1.63. The molecule has 4 unspecified atom stereocenters. The van der Waals surface area contributed by atoms with E-state index in [4.69, 9.17) is 0 Å². The summed E-state index contributed by atoms with van der Waals surface area (Å²) in [5.74, 6) is 3.53. The van der Waals surface area contributed by atoms with Gasteiger partial charge in [-0.1, -0.05) is 94.4 Å². The van der Waals surface area contributed by atoms with Crippen LogP contribution in [0.1, 0.15) is 114 Å². The summed E-state index contributed by atoms with van der Waals surface area (Å²) in [4.78, 5) is 0. The summed E-state index contributed by atoms with van der Waals surface area (Å²) in [6.07, 6.45) is 22.9. The summed E-state index contributed by atoms with van der Waals surface area (Å²) in [6, 6.07) is 10.7. The molecule has 1 heteroatoms. The highest BCUT2D eigenvalue weighted by atomic mass is 19.1. The number of benzene rings is 2. The SMILES string of the molecule is CC=CCCc1ccc2cc(C3CCC4CC(CCCCCCC)CCC4C3)ccc2c1F. The summed E-state index contributed by atoms with van der Waals surface area (Å²) < 4.78 is 15.1. The molecule has 2 aliphatic carbocycles. The highest BCUT2D eigenvalue weighted by molar-refractivity contribution is 5.84. The smallest absolute Gasteiger partial charge is 0.134 e. The van der Waals surface area contributed by atoms with Gasteiger partial charge in [0.05, 0.1) is 0 Å². The van der Waals surface area contributed by atoms with Crippen LogP contribution in [0, 0.1) is 23.6 Å². The summed E-state index contributed by atoms with van der Waals surface area (Å²) in [6.45, 7) is 4.32. The molecule has 2 saturated carbocycles. The van der Waals surface area contributed by atoms with E-state index in [9.17, 15) is 0 Å². The van der Waals surface area contributed by atoms with Gasteiger partial charge in [0.2, 0.25) is 0 Å². The standard InChI is InChI=1S/C32H45F/c1-3-5-7-8-10-11-24-13-14-27-22-28(17-16-26(27)21-24)29-19-20-31-30(23-29)18-15-25(32(31)33)12-9-6-4-2/h4,6,15,18-20,23-24,26-28H,3,5,7-14,16-17,21-22H2,1-2H3. The van der Waals surface area contributed by atoms with Crippen molar-refractivity contribution in [2.24, 2.45) is 17.8 Å². The number of hydrogen-bond acceptors (Lipinski definition) is 0. The third-order valence-electron chi connectivity index (χ3n) is 8.78. The molecule has 0 N–H and O–H groups in total. The monoisotopic (exact) mass is 448 g/mol. The molecule has 180 valence electrons. The van der Waals surface area contributed by atoms with Crippen LogP contribution in [0.5, 0.6) is 0 Å². The number of rotatable bonds is 10. The summed E-state index contributed by atoms with van der Waals surface area (Å²) in [7, 11) is 0. The van der Waals surface area contributed by atoms with Crippen LogP contribution in [0.2, 0.25) is 0 Å². The molecule has 0 radical (unpaired) electrons. The lowest BCUT2D eigenvalue weighted by atomic mass is 9.63. The predicted octanol–water partition coefficient (Wildman–Crippen LogP) is 10.1. The molecule has 0 aliphatic heterocycles. The fourth-order valence-corrected chi connectivity index (χ4v) is 6.80. The molecule has 0 bridgehead atoms. The minimum atomic E-state index is -0.0136. The van der Waals surface area contributed by atoms with Crippen LogP contribution >= 0.6 is 0 Å². The van der Waals surface area contributed by atoms with E-state index in [1.54, 1.807) is 0 Å². The van der Waals surface area contributed by atoms with E-state index >= 15 is 4.39 Å². The van der Waals surface area contributed by atoms with Crippen LogP contribution in [0.15, 0.2) is 42.5 Å². The maximum absolute atomic E-state index is 15.1. The van der Waals surface area contributed by atoms with E-state index in [0.29, 0.717) is 5.92 Å². The molecule has 0 amide bonds. The molecule has 2 aliphatic rings. The summed E-state index contributed by atoms with van der Waals surface area (Å²) >= 11 is 0. The number of hydrogen-bond donors (Lipinski definition) is 0. The van der Waals surface area contributed by atoms with Crippen molar-refractivity contribution in [1.82, 2.24) is 0 Å². The third kappa shape index (κ3) is 6.28. The van der Waals surface area contributed by atoms with Crippen LogP contribution in [-0.4, -0.2) is 0 Å². The number of fused-ring (bicyclic) bond motifs is 2. The first-order valence-corrected chi connectivity index (χ1v) is 14.0. The van der Waals surface area contributed by atoms with Gasteiger partial charge >= 0.3 is 0 Å². The van der Waals surface area contributed by atoms with Gasteiger partial charge in [-0.2, -0.15) is 0 Å². The van der Waals surface area contributed by atoms with Crippen molar-refractivity contribution in [3.8, 4) is 0 Å². The zero-order valence-corrected chi connectivity index (χ0v) is 21.1. The third-order valence-corrected chi connectivity index (χ3v) is 8.78. The lowest BCUT2D eigenvalue weighted by molar-refractivity contribution is 0.113. The minimum Gasteiger partial charge on any atom is -0.206 e. The Kier molecular flexibility index (Phi) is 9.04. The van der Waals surface area contributed by atoms with Crippen molar-refractivity contribution in [3.05, 3.63) is 59.4 Å². The zero-order chi connectivity index (χ0) is 23.0. The second kappa shape index (κ2) is 12.2. The Morgan fingerprint density at radius 2 is 1.73 bits per heavy atom. The Balaban J connectivity index is 1.33. The topological polar surface area (TPSA) is 0 Å². The second-order valence-corrected chi connectivity index (χ2v) is 11.0. The number of allylic oxidation sites excluding steroid dienone is 2. The molecule has 2 fully saturated rings. The Morgan fingerprint density at radius 3 is 2.58 bits per heavy atom. The largest absolute Gasteiger partial charge is 0.206 e. The highest BCUT2D eigenvalue weighted by Crippen LogP contribution is 2.48. The van der Waals surface area contributed by atoms with Crippen LogP contribution < -0.4 is 0 Å². The number of aryl methyl sites for hydroxylation is 1. The van der Waals surface area contributed by atoms with Gasteiger partial charge in [0, 0.05) is 5.39 Å². The maximum atomic E-state index is 15.1. The summed E-state index contributed by atoms with van der Waals surface area (Å²) in [5, 5.41) is 1.87. The summed E-state index contributed by atoms with van der Waals surface area (Å²) in [5.41, 5.74) is 2.29. The first-order chi connectivity index (χ1) is 16.2. The molecule has 0 spiro atoms. The number of halogens is 1. The van der Waals surface area contributed by atoms with Gasteiger partial charge in [-0.15, -0.1) is 0 Å². The van der Waals surface area contributed by atoms with Crippen molar-refractivity contribution in [1.29, 1.82) is 0 Å². The second-order valence-electron chi connectivity index (χ2n) is 11.0. The molecule has 0 heterocycles. The molecule has 0 aromatic heterocycles. The maximum Gasteiger partial charge on any atom is 0.134 e. The van der Waals surface area contributed by atoms with Crippen molar-refractivity contribution in [2.45, 2.75) is 110 Å². The van der Waals surface area contributed by atoms with E-state index < -0.39 is 0 Å². The molecule has 4 rings (SSSR count). The van der Waals surface area contributed by atoms with E-state index in [1.165, 1.54) is 82.6 Å². The van der Waals surface area contributed by atoms with Gasteiger partial charge in [0.25, 0.3) is 0 Å². The predicted molar refractivity (Wildman–Crippen MR) is 141 cm³/mol. The molecular weight excluding hydrogens is 403 g/mol. The minimum absolute atomic E-state index is 0.0136. The van der Waals surface area contributed by atoms with Crippen LogP contribution in [0.4, 0.5) is 4.39 Å². The van der Waals surface area contributed by atoms with Gasteiger partial charge in [-0.05, 0) is 92.1 Å². The van der Waals surface area contributed by atoms with Crippen molar-refractivity contribution in [3.63, 3.8) is 0 Å². The molecule has 4 atom stereocenters. The normalized spacial score (nSPS) is 25.5. The fraction of sp³-hybridized carbons (Fsp3) is 0.625. The van der Waals surface area contributed by atoms with Crippen molar-refractivity contribution in [2.75, 3.05) is 0 Å². The Bertz CT molecular complexity index is 910. The van der Waals surface area contributed by atoms with Gasteiger partial charge in [0.1, 0.15) is 5.82 Å². The number of unbranched alkanes of at least 4 members (excludes halogenated alkanes) is 4. The van der Waals surface area contributed by atoms with Gasteiger partial charge in [-0.3, -0.25) is 0 Å². The Morgan fingerprint density at radius 1 is 0.909 bits per heavy atom. The van der Waals surface area contributed by atoms with Crippen molar-refractivity contribution >= 4 is 10.8 Å². The Labute approximate surface area is 202 Å².